The highest BCUT2D eigenvalue weighted by molar-refractivity contribution is 7.89. The lowest BCUT2D eigenvalue weighted by atomic mass is 10.1. The van der Waals surface area contributed by atoms with Crippen molar-refractivity contribution in [2.45, 2.75) is 17.5 Å². The number of sulfonamides is 1. The first kappa shape index (κ1) is 21.9. The molecule has 29 heavy (non-hydrogen) atoms. The van der Waals surface area contributed by atoms with Gasteiger partial charge < -0.3 is 9.47 Å². The van der Waals surface area contributed by atoms with Crippen LogP contribution in [0.25, 0.3) is 0 Å². The average molecular weight is 447 g/mol. The van der Waals surface area contributed by atoms with Crippen LogP contribution in [0.3, 0.4) is 0 Å². The van der Waals surface area contributed by atoms with Gasteiger partial charge in [-0.15, -0.1) is 0 Å². The first-order valence-corrected chi connectivity index (χ1v) is 10.8. The van der Waals surface area contributed by atoms with E-state index in [1.807, 2.05) is 6.07 Å². The molecule has 1 aliphatic heterocycles. The lowest BCUT2D eigenvalue weighted by Gasteiger charge is -2.35. The number of hydrogen-bond acceptors (Lipinski definition) is 5. The molecule has 0 saturated carbocycles. The van der Waals surface area contributed by atoms with Gasteiger partial charge in [0.05, 0.1) is 13.2 Å². The second-order valence-corrected chi connectivity index (χ2v) is 8.57. The minimum Gasteiger partial charge on any atom is -0.433 e. The van der Waals surface area contributed by atoms with Gasteiger partial charge >= 0.3 is 6.61 Å². The molecule has 1 N–H and O–H groups in total. The van der Waals surface area contributed by atoms with E-state index in [1.54, 1.807) is 18.2 Å². The molecule has 0 spiro atoms. The van der Waals surface area contributed by atoms with Gasteiger partial charge in [-0.05, 0) is 29.8 Å². The fourth-order valence-electron chi connectivity index (χ4n) is 3.19. The Hall–Kier alpha value is -1.78. The van der Waals surface area contributed by atoms with E-state index in [2.05, 4.69) is 14.4 Å². The molecule has 0 aliphatic carbocycles. The third-order valence-electron chi connectivity index (χ3n) is 4.54. The summed E-state index contributed by atoms with van der Waals surface area (Å²) in [5, 5.41) is 0.541. The van der Waals surface area contributed by atoms with Crippen LogP contribution < -0.4 is 9.46 Å². The van der Waals surface area contributed by atoms with E-state index < -0.39 is 22.4 Å². The monoisotopic (exact) mass is 446 g/mol. The molecule has 0 amide bonds. The second kappa shape index (κ2) is 9.82. The summed E-state index contributed by atoms with van der Waals surface area (Å²) in [5.41, 5.74) is 0.846. The molecule has 1 atom stereocenters. The van der Waals surface area contributed by atoms with Gasteiger partial charge in [0.25, 0.3) is 0 Å². The number of hydrogen-bond donors (Lipinski definition) is 1. The van der Waals surface area contributed by atoms with Crippen molar-refractivity contribution < 1.29 is 26.7 Å². The van der Waals surface area contributed by atoms with Crippen molar-refractivity contribution in [1.82, 2.24) is 9.62 Å². The Bertz CT molecular complexity index is 924. The smallest absolute Gasteiger partial charge is 0.387 e. The highest BCUT2D eigenvalue weighted by Gasteiger charge is 2.27. The van der Waals surface area contributed by atoms with Gasteiger partial charge in [-0.3, -0.25) is 4.90 Å². The molecule has 1 fully saturated rings. The largest absolute Gasteiger partial charge is 0.433 e. The summed E-state index contributed by atoms with van der Waals surface area (Å²) in [5.74, 6) is -0.402. The van der Waals surface area contributed by atoms with Crippen molar-refractivity contribution in [2.24, 2.45) is 0 Å². The zero-order valence-corrected chi connectivity index (χ0v) is 17.0. The summed E-state index contributed by atoms with van der Waals surface area (Å²) in [6.07, 6.45) is 0. The van der Waals surface area contributed by atoms with Gasteiger partial charge in [-0.2, -0.15) is 8.78 Å². The Balaban J connectivity index is 1.83. The van der Waals surface area contributed by atoms with E-state index in [0.29, 0.717) is 31.3 Å². The van der Waals surface area contributed by atoms with Gasteiger partial charge in [0.1, 0.15) is 10.6 Å². The van der Waals surface area contributed by atoms with Crippen molar-refractivity contribution in [2.75, 3.05) is 32.8 Å². The van der Waals surface area contributed by atoms with Gasteiger partial charge in [0.2, 0.25) is 10.0 Å². The van der Waals surface area contributed by atoms with E-state index in [1.165, 1.54) is 24.3 Å². The van der Waals surface area contributed by atoms with E-state index in [0.717, 1.165) is 5.56 Å². The summed E-state index contributed by atoms with van der Waals surface area (Å²) in [6, 6.07) is 12.2. The molecular weight excluding hydrogens is 426 g/mol. The quantitative estimate of drug-likeness (QED) is 0.674. The lowest BCUT2D eigenvalue weighted by Crippen LogP contribution is -2.43. The van der Waals surface area contributed by atoms with Crippen LogP contribution in [0.2, 0.25) is 5.02 Å². The molecule has 1 saturated heterocycles. The lowest BCUT2D eigenvalue weighted by molar-refractivity contribution is -0.0517. The van der Waals surface area contributed by atoms with E-state index in [4.69, 9.17) is 16.3 Å². The Labute approximate surface area is 173 Å². The van der Waals surface area contributed by atoms with Crippen LogP contribution in [-0.2, 0) is 14.8 Å². The number of nitrogens with one attached hydrogen (secondary N) is 1. The number of rotatable bonds is 8. The molecule has 0 aromatic heterocycles. The highest BCUT2D eigenvalue weighted by atomic mass is 35.5. The Morgan fingerprint density at radius 2 is 1.86 bits per heavy atom. The summed E-state index contributed by atoms with van der Waals surface area (Å²) in [6.45, 7) is -0.762. The maximum atomic E-state index is 12.8. The second-order valence-electron chi connectivity index (χ2n) is 6.40. The SMILES string of the molecule is O=S(=O)(NCC(c1cccc(Cl)c1)N1CCOCC1)c1ccccc1OC(F)F. The molecule has 2 aromatic carbocycles. The summed E-state index contributed by atoms with van der Waals surface area (Å²) in [7, 11) is -4.09. The van der Waals surface area contributed by atoms with Crippen molar-refractivity contribution in [1.29, 1.82) is 0 Å². The molecule has 1 unspecified atom stereocenters. The molecule has 2 aromatic rings. The number of morpholine rings is 1. The van der Waals surface area contributed by atoms with Gasteiger partial charge in [0.15, 0.2) is 0 Å². The van der Waals surface area contributed by atoms with Crippen LogP contribution in [0.4, 0.5) is 8.78 Å². The van der Waals surface area contributed by atoms with Crippen molar-refractivity contribution in [3.63, 3.8) is 0 Å². The third-order valence-corrected chi connectivity index (χ3v) is 6.24. The van der Waals surface area contributed by atoms with Gasteiger partial charge in [-0.1, -0.05) is 35.9 Å². The minimum atomic E-state index is -4.09. The molecule has 1 aliphatic rings. The molecule has 0 bridgehead atoms. The Morgan fingerprint density at radius 1 is 1.14 bits per heavy atom. The van der Waals surface area contributed by atoms with Crippen molar-refractivity contribution in [3.8, 4) is 5.75 Å². The first-order chi connectivity index (χ1) is 13.9. The molecule has 10 heteroatoms. The van der Waals surface area contributed by atoms with Crippen LogP contribution >= 0.6 is 11.6 Å². The summed E-state index contributed by atoms with van der Waals surface area (Å²) >= 11 is 6.11. The van der Waals surface area contributed by atoms with Gasteiger partial charge in [0, 0.05) is 30.7 Å². The van der Waals surface area contributed by atoms with Gasteiger partial charge in [-0.25, -0.2) is 13.1 Å². The zero-order chi connectivity index (χ0) is 20.9. The normalized spacial score (nSPS) is 16.7. The fraction of sp³-hybridized carbons (Fsp3) is 0.368. The topological polar surface area (TPSA) is 67.9 Å². The van der Waals surface area contributed by atoms with Crippen molar-refractivity contribution >= 4 is 21.6 Å². The molecule has 3 rings (SSSR count). The highest BCUT2D eigenvalue weighted by Crippen LogP contribution is 2.27. The predicted octanol–water partition coefficient (Wildman–Crippen LogP) is 3.29. The zero-order valence-electron chi connectivity index (χ0n) is 15.4. The minimum absolute atomic E-state index is 0.0334. The number of halogens is 3. The molecule has 0 radical (unpaired) electrons. The number of alkyl halides is 2. The fourth-order valence-corrected chi connectivity index (χ4v) is 4.56. The molecular formula is C19H21ClF2N2O4S. The molecule has 1 heterocycles. The van der Waals surface area contributed by atoms with Crippen LogP contribution in [0, 0.1) is 0 Å². The standard InChI is InChI=1S/C19H21ClF2N2O4S/c20-15-5-3-4-14(12-15)16(24-8-10-27-11-9-24)13-23-29(25,26)18-7-2-1-6-17(18)28-19(21)22/h1-7,12,16,19,23H,8-11,13H2. The van der Waals surface area contributed by atoms with Crippen LogP contribution in [0.1, 0.15) is 11.6 Å². The van der Waals surface area contributed by atoms with Crippen LogP contribution in [-0.4, -0.2) is 52.8 Å². The molecule has 6 nitrogen and oxygen atoms in total. The molecule has 158 valence electrons. The summed E-state index contributed by atoms with van der Waals surface area (Å²) in [4.78, 5) is 1.76. The van der Waals surface area contributed by atoms with Crippen LogP contribution in [0.15, 0.2) is 53.4 Å². The number of benzene rings is 2. The number of ether oxygens (including phenoxy) is 2. The van der Waals surface area contributed by atoms with E-state index >= 15 is 0 Å². The third kappa shape index (κ3) is 5.86. The van der Waals surface area contributed by atoms with E-state index in [9.17, 15) is 17.2 Å². The maximum Gasteiger partial charge on any atom is 0.387 e. The number of nitrogens with zero attached hydrogens (tertiary/aromatic N) is 1. The van der Waals surface area contributed by atoms with E-state index in [-0.39, 0.29) is 17.5 Å². The van der Waals surface area contributed by atoms with Crippen LogP contribution in [0.5, 0.6) is 5.75 Å². The average Bonchev–Trinajstić information content (AvgIpc) is 2.69. The number of para-hydroxylation sites is 1. The Morgan fingerprint density at radius 3 is 2.55 bits per heavy atom. The summed E-state index contributed by atoms with van der Waals surface area (Å²) < 4.78 is 63.2. The Kier molecular flexibility index (Phi) is 7.42. The van der Waals surface area contributed by atoms with Crippen molar-refractivity contribution in [3.05, 3.63) is 59.1 Å². The maximum absolute atomic E-state index is 12.8. The predicted molar refractivity (Wildman–Crippen MR) is 105 cm³/mol. The first-order valence-electron chi connectivity index (χ1n) is 8.97.